The van der Waals surface area contributed by atoms with Gasteiger partial charge < -0.3 is 20.1 Å². The van der Waals surface area contributed by atoms with Gasteiger partial charge in [-0.15, -0.1) is 0 Å². The molecule has 1 fully saturated rings. The second-order valence-electron chi connectivity index (χ2n) is 9.88. The third kappa shape index (κ3) is 5.54. The maximum Gasteiger partial charge on any atom is 0.257 e. The van der Waals surface area contributed by atoms with Gasteiger partial charge in [-0.05, 0) is 62.7 Å². The quantitative estimate of drug-likeness (QED) is 0.456. The molecule has 2 aromatic rings. The first-order valence-corrected chi connectivity index (χ1v) is 12.6. The maximum atomic E-state index is 12.6. The minimum atomic E-state index is -0.282. The number of carbonyl (C=O) groups excluding carboxylic acids is 1. The van der Waals surface area contributed by atoms with Crippen molar-refractivity contribution in [3.8, 4) is 11.5 Å². The largest absolute Gasteiger partial charge is 0.493 e. The lowest BCUT2D eigenvalue weighted by Gasteiger charge is -2.39. The van der Waals surface area contributed by atoms with Crippen LogP contribution >= 0.6 is 0 Å². The number of likely N-dealkylation sites (N-methyl/N-ethyl adjacent to an activating group) is 1. The smallest absolute Gasteiger partial charge is 0.257 e. The summed E-state index contributed by atoms with van der Waals surface area (Å²) < 4.78 is 11.6. The fourth-order valence-electron chi connectivity index (χ4n) is 4.83. The number of hydrogen-bond donors (Lipinski definition) is 2. The van der Waals surface area contributed by atoms with Crippen LogP contribution in [0.4, 0.5) is 0 Å². The Morgan fingerprint density at radius 2 is 2.00 bits per heavy atom. The summed E-state index contributed by atoms with van der Waals surface area (Å²) in [6.45, 7) is 9.17. The van der Waals surface area contributed by atoms with E-state index in [1.807, 2.05) is 39.0 Å². The summed E-state index contributed by atoms with van der Waals surface area (Å²) in [5.41, 5.74) is 10.5. The fourth-order valence-corrected chi connectivity index (χ4v) is 4.83. The van der Waals surface area contributed by atoms with E-state index in [9.17, 15) is 4.79 Å². The van der Waals surface area contributed by atoms with Gasteiger partial charge in [0.2, 0.25) is 0 Å². The van der Waals surface area contributed by atoms with E-state index in [1.165, 1.54) is 5.56 Å². The van der Waals surface area contributed by atoms with E-state index >= 15 is 0 Å². The van der Waals surface area contributed by atoms with Crippen molar-refractivity contribution in [2.45, 2.75) is 39.2 Å². The minimum Gasteiger partial charge on any atom is -0.493 e. The van der Waals surface area contributed by atoms with Crippen molar-refractivity contribution in [1.82, 2.24) is 10.2 Å². The number of amides is 1. The maximum absolute atomic E-state index is 12.6. The molecule has 2 aliphatic heterocycles. The van der Waals surface area contributed by atoms with Crippen LogP contribution in [0.25, 0.3) is 0 Å². The van der Waals surface area contributed by atoms with Gasteiger partial charge in [-0.25, -0.2) is 0 Å². The Morgan fingerprint density at radius 3 is 2.67 bits per heavy atom. The number of nitrogens with one attached hydrogen (secondary N) is 1. The number of rotatable bonds is 7. The van der Waals surface area contributed by atoms with E-state index in [2.05, 4.69) is 28.3 Å². The predicted molar refractivity (Wildman–Crippen MR) is 144 cm³/mol. The minimum absolute atomic E-state index is 0.133. The van der Waals surface area contributed by atoms with Crippen LogP contribution in [-0.2, 0) is 0 Å². The van der Waals surface area contributed by atoms with Crippen LogP contribution in [0.15, 0.2) is 46.4 Å². The van der Waals surface area contributed by atoms with E-state index in [-0.39, 0.29) is 17.9 Å². The highest BCUT2D eigenvalue weighted by molar-refractivity contribution is 6.15. The number of hydrogen-bond acceptors (Lipinski definition) is 6. The van der Waals surface area contributed by atoms with Crippen molar-refractivity contribution in [2.75, 3.05) is 40.4 Å². The highest BCUT2D eigenvalue weighted by atomic mass is 16.5. The van der Waals surface area contributed by atoms with Crippen LogP contribution in [0.2, 0.25) is 0 Å². The first-order valence-electron chi connectivity index (χ1n) is 12.6. The zero-order chi connectivity index (χ0) is 25.8. The Bertz CT molecular complexity index is 1160. The normalized spacial score (nSPS) is 19.8. The third-order valence-corrected chi connectivity index (χ3v) is 6.65. The predicted octanol–water partition coefficient (Wildman–Crippen LogP) is 3.43. The lowest BCUT2D eigenvalue weighted by molar-refractivity contribution is 0.0976. The number of guanidine groups is 1. The van der Waals surface area contributed by atoms with Gasteiger partial charge in [0.25, 0.3) is 5.91 Å². The summed E-state index contributed by atoms with van der Waals surface area (Å²) in [7, 11) is 3.82. The lowest BCUT2D eigenvalue weighted by Crippen LogP contribution is -2.41. The van der Waals surface area contributed by atoms with Crippen molar-refractivity contribution in [2.24, 2.45) is 21.6 Å². The Morgan fingerprint density at radius 1 is 1.25 bits per heavy atom. The molecular weight excluding hydrogens is 454 g/mol. The monoisotopic (exact) mass is 491 g/mol. The molecular formula is C28H37N5O3. The summed E-state index contributed by atoms with van der Waals surface area (Å²) in [5.74, 6) is 1.97. The summed E-state index contributed by atoms with van der Waals surface area (Å²) in [5, 5.41) is 2.66. The van der Waals surface area contributed by atoms with Gasteiger partial charge in [-0.1, -0.05) is 26.0 Å². The molecule has 0 spiro atoms. The molecule has 8 heteroatoms. The van der Waals surface area contributed by atoms with Crippen molar-refractivity contribution in [1.29, 1.82) is 0 Å². The number of aliphatic imine (C=N–C) groups is 2. The van der Waals surface area contributed by atoms with Gasteiger partial charge >= 0.3 is 0 Å². The standard InChI is InChI=1S/C28H37N5O3/c1-6-36-25-13-20-21(14-24(25)35-5)26(31-23-11-12-33(4)16-22(20)23)18-7-9-19(10-8-18)27(34)32-28(29)30-15-17(2)3/h7-10,13-14,17,22-23H,6,11-12,15-16H2,1-5H3,(H3,29,30,32,34)/t22-,23-/m0/s1. The van der Waals surface area contributed by atoms with Crippen LogP contribution in [0.5, 0.6) is 11.5 Å². The number of piperidine rings is 1. The molecule has 0 aliphatic carbocycles. The summed E-state index contributed by atoms with van der Waals surface area (Å²) in [4.78, 5) is 24.4. The number of nitrogens with zero attached hydrogens (tertiary/aromatic N) is 3. The van der Waals surface area contributed by atoms with Gasteiger partial charge in [0.05, 0.1) is 25.5 Å². The van der Waals surface area contributed by atoms with Crippen LogP contribution < -0.4 is 20.5 Å². The Kier molecular flexibility index (Phi) is 7.94. The molecule has 2 heterocycles. The number of benzene rings is 2. The second kappa shape index (κ2) is 11.1. The molecule has 0 bridgehead atoms. The average Bonchev–Trinajstić information content (AvgIpc) is 2.87. The zero-order valence-electron chi connectivity index (χ0n) is 21.9. The van der Waals surface area contributed by atoms with E-state index in [1.54, 1.807) is 19.2 Å². The number of ether oxygens (including phenoxy) is 2. The van der Waals surface area contributed by atoms with Crippen molar-refractivity contribution >= 4 is 17.6 Å². The summed E-state index contributed by atoms with van der Waals surface area (Å²) in [6, 6.07) is 11.9. The Hall–Kier alpha value is -3.39. The lowest BCUT2D eigenvalue weighted by atomic mass is 9.79. The number of nitrogens with two attached hydrogens (primary N) is 1. The van der Waals surface area contributed by atoms with E-state index in [4.69, 9.17) is 20.2 Å². The highest BCUT2D eigenvalue weighted by Crippen LogP contribution is 2.42. The van der Waals surface area contributed by atoms with E-state index in [0.717, 1.165) is 42.1 Å². The topological polar surface area (TPSA) is 102 Å². The van der Waals surface area contributed by atoms with Gasteiger partial charge in [-0.2, -0.15) is 0 Å². The van der Waals surface area contributed by atoms with Crippen LogP contribution in [0.1, 0.15) is 60.2 Å². The molecule has 2 aliphatic rings. The fraction of sp³-hybridized carbons (Fsp3) is 0.464. The molecule has 2 aromatic carbocycles. The highest BCUT2D eigenvalue weighted by Gasteiger charge is 2.36. The summed E-state index contributed by atoms with van der Waals surface area (Å²) >= 11 is 0. The van der Waals surface area contributed by atoms with Crippen LogP contribution in [0, 0.1) is 5.92 Å². The Labute approximate surface area is 213 Å². The van der Waals surface area contributed by atoms with Gasteiger partial charge in [-0.3, -0.25) is 20.1 Å². The molecule has 0 saturated carbocycles. The molecule has 192 valence electrons. The zero-order valence-corrected chi connectivity index (χ0v) is 21.9. The first kappa shape index (κ1) is 25.7. The molecule has 1 saturated heterocycles. The van der Waals surface area contributed by atoms with E-state index in [0.29, 0.717) is 36.3 Å². The third-order valence-electron chi connectivity index (χ3n) is 6.65. The number of methoxy groups -OCH3 is 1. The van der Waals surface area contributed by atoms with Crippen LogP contribution in [0.3, 0.4) is 0 Å². The first-order chi connectivity index (χ1) is 17.3. The number of carbonyl (C=O) groups is 1. The molecule has 4 rings (SSSR count). The van der Waals surface area contributed by atoms with Gasteiger partial charge in [0.1, 0.15) is 0 Å². The molecule has 0 radical (unpaired) electrons. The molecule has 8 nitrogen and oxygen atoms in total. The summed E-state index contributed by atoms with van der Waals surface area (Å²) in [6.07, 6.45) is 0.996. The molecule has 3 N–H and O–H groups in total. The molecule has 0 aromatic heterocycles. The van der Waals surface area contributed by atoms with E-state index < -0.39 is 0 Å². The van der Waals surface area contributed by atoms with Gasteiger partial charge in [0, 0.05) is 35.7 Å². The molecule has 1 amide bonds. The average molecular weight is 492 g/mol. The Balaban J connectivity index is 1.66. The van der Waals surface area contributed by atoms with Crippen molar-refractivity contribution in [3.63, 3.8) is 0 Å². The molecule has 2 atom stereocenters. The van der Waals surface area contributed by atoms with Gasteiger partial charge in [0.15, 0.2) is 17.5 Å². The SMILES string of the molecule is CCOc1cc2c(cc1OC)C(c1ccc(C(=O)NC(N)=NCC(C)C)cc1)=N[C@H]1CCN(C)C[C@@H]21. The second-order valence-corrected chi connectivity index (χ2v) is 9.88. The number of likely N-dealkylation sites (tertiary alicyclic amines) is 1. The van der Waals surface area contributed by atoms with Crippen LogP contribution in [-0.4, -0.2) is 68.9 Å². The van der Waals surface area contributed by atoms with Crippen molar-refractivity contribution < 1.29 is 14.3 Å². The van der Waals surface area contributed by atoms with Crippen molar-refractivity contribution in [3.05, 3.63) is 58.7 Å². The number of fused-ring (bicyclic) bond motifs is 3. The molecule has 0 unspecified atom stereocenters. The molecule has 36 heavy (non-hydrogen) atoms.